The highest BCUT2D eigenvalue weighted by atomic mass is 127. The van der Waals surface area contributed by atoms with Crippen LogP contribution in [0.25, 0.3) is 11.4 Å². The minimum absolute atomic E-state index is 0.582. The van der Waals surface area contributed by atoms with E-state index >= 15 is 0 Å². The van der Waals surface area contributed by atoms with Crippen LogP contribution in [0.3, 0.4) is 0 Å². The molecule has 2 rings (SSSR count). The number of aromatic nitrogens is 2. The maximum absolute atomic E-state index is 5.63. The second kappa shape index (κ2) is 7.05. The minimum atomic E-state index is 0.582. The number of hydrogen-bond acceptors (Lipinski definition) is 2. The van der Waals surface area contributed by atoms with E-state index in [1.807, 2.05) is 12.4 Å². The Kier molecular flexibility index (Phi) is 5.39. The Morgan fingerprint density at radius 3 is 2.68 bits per heavy atom. The highest BCUT2D eigenvalue weighted by Crippen LogP contribution is 2.18. The number of halogens is 1. The molecule has 0 fully saturated rings. The molecule has 0 unspecified atom stereocenters. The molecule has 0 amide bonds. The third-order valence-electron chi connectivity index (χ3n) is 2.75. The molecule has 1 aromatic heterocycles. The summed E-state index contributed by atoms with van der Waals surface area (Å²) < 4.78 is 9.01. The molecule has 0 saturated carbocycles. The molecule has 1 heterocycles. The molecule has 19 heavy (non-hydrogen) atoms. The summed E-state index contributed by atoms with van der Waals surface area (Å²) in [6.45, 7) is 6.70. The van der Waals surface area contributed by atoms with Gasteiger partial charge in [0.15, 0.2) is 0 Å². The molecule has 4 heteroatoms. The molecular weight excluding hydrogens is 351 g/mol. The molecule has 3 nitrogen and oxygen atoms in total. The van der Waals surface area contributed by atoms with Gasteiger partial charge >= 0.3 is 0 Å². The first-order valence-corrected chi connectivity index (χ1v) is 7.59. The van der Waals surface area contributed by atoms with Gasteiger partial charge in [-0.3, -0.25) is 0 Å². The molecule has 0 atom stereocenters. The van der Waals surface area contributed by atoms with Crippen molar-refractivity contribution in [3.8, 4) is 11.4 Å². The Bertz CT molecular complexity index is 505. The highest BCUT2D eigenvalue weighted by Gasteiger charge is 2.05. The van der Waals surface area contributed by atoms with Crippen LogP contribution < -0.4 is 0 Å². The zero-order valence-corrected chi connectivity index (χ0v) is 13.5. The lowest BCUT2D eigenvalue weighted by atomic mass is 10.2. The summed E-state index contributed by atoms with van der Waals surface area (Å²) in [5, 5.41) is 0. The minimum Gasteiger partial charge on any atom is -0.379 e. The summed E-state index contributed by atoms with van der Waals surface area (Å²) in [6, 6.07) is 8.42. The third kappa shape index (κ3) is 4.31. The molecule has 0 N–H and O–H groups in total. The smallest absolute Gasteiger partial charge is 0.139 e. The van der Waals surface area contributed by atoms with Gasteiger partial charge in [0, 0.05) is 34.7 Å². The van der Waals surface area contributed by atoms with Gasteiger partial charge in [0.1, 0.15) is 5.82 Å². The molecule has 0 radical (unpaired) electrons. The van der Waals surface area contributed by atoms with E-state index < -0.39 is 0 Å². The number of rotatable bonds is 6. The first-order chi connectivity index (χ1) is 9.16. The van der Waals surface area contributed by atoms with Crippen molar-refractivity contribution in [2.75, 3.05) is 13.2 Å². The first-order valence-electron chi connectivity index (χ1n) is 6.51. The van der Waals surface area contributed by atoms with Gasteiger partial charge < -0.3 is 9.30 Å². The van der Waals surface area contributed by atoms with Crippen molar-refractivity contribution in [1.29, 1.82) is 0 Å². The van der Waals surface area contributed by atoms with Crippen LogP contribution in [0.2, 0.25) is 0 Å². The lowest BCUT2D eigenvalue weighted by Gasteiger charge is -2.10. The van der Waals surface area contributed by atoms with Crippen molar-refractivity contribution < 1.29 is 4.74 Å². The fourth-order valence-corrected chi connectivity index (χ4v) is 2.19. The molecular formula is C15H19IN2O. The molecule has 1 aromatic carbocycles. The number of imidazole rings is 1. The van der Waals surface area contributed by atoms with Gasteiger partial charge in [0.2, 0.25) is 0 Å². The van der Waals surface area contributed by atoms with E-state index in [2.05, 4.69) is 70.3 Å². The Hall–Kier alpha value is -0.880. The van der Waals surface area contributed by atoms with E-state index in [0.717, 1.165) is 31.1 Å². The summed E-state index contributed by atoms with van der Waals surface area (Å²) in [6.07, 6.45) is 3.85. The van der Waals surface area contributed by atoms with Gasteiger partial charge in [-0.25, -0.2) is 4.98 Å². The molecule has 2 aromatic rings. The Morgan fingerprint density at radius 1 is 1.26 bits per heavy atom. The van der Waals surface area contributed by atoms with Crippen LogP contribution in [0.4, 0.5) is 0 Å². The van der Waals surface area contributed by atoms with E-state index in [1.54, 1.807) is 0 Å². The Morgan fingerprint density at radius 2 is 2.00 bits per heavy atom. The second-order valence-corrected chi connectivity index (χ2v) is 6.17. The summed E-state index contributed by atoms with van der Waals surface area (Å²) >= 11 is 2.31. The number of hydrogen-bond donors (Lipinski definition) is 0. The third-order valence-corrected chi connectivity index (χ3v) is 3.46. The van der Waals surface area contributed by atoms with E-state index in [9.17, 15) is 0 Å². The molecule has 0 aliphatic heterocycles. The zero-order valence-electron chi connectivity index (χ0n) is 11.3. The van der Waals surface area contributed by atoms with Crippen LogP contribution in [-0.4, -0.2) is 22.8 Å². The molecule has 0 saturated heterocycles. The van der Waals surface area contributed by atoms with Crippen LogP contribution in [0, 0.1) is 9.49 Å². The normalized spacial score (nSPS) is 11.2. The standard InChI is InChI=1S/C15H19IN2O/c1-12(2)11-19-10-9-18-8-7-17-15(18)13-3-5-14(16)6-4-13/h3-8,12H,9-11H2,1-2H3. The summed E-state index contributed by atoms with van der Waals surface area (Å²) in [5.41, 5.74) is 1.15. The number of ether oxygens (including phenoxy) is 1. The Balaban J connectivity index is 1.99. The van der Waals surface area contributed by atoms with Gasteiger partial charge in [-0.15, -0.1) is 0 Å². The number of nitrogens with zero attached hydrogens (tertiary/aromatic N) is 2. The largest absolute Gasteiger partial charge is 0.379 e. The topological polar surface area (TPSA) is 27.1 Å². The van der Waals surface area contributed by atoms with Gasteiger partial charge in [0.25, 0.3) is 0 Å². The van der Waals surface area contributed by atoms with E-state index in [1.165, 1.54) is 3.57 Å². The SMILES string of the molecule is CC(C)COCCn1ccnc1-c1ccc(I)cc1. The van der Waals surface area contributed by atoms with E-state index in [0.29, 0.717) is 5.92 Å². The second-order valence-electron chi connectivity index (χ2n) is 4.92. The highest BCUT2D eigenvalue weighted by molar-refractivity contribution is 14.1. The van der Waals surface area contributed by atoms with Crippen molar-refractivity contribution in [2.24, 2.45) is 5.92 Å². The average molecular weight is 370 g/mol. The van der Waals surface area contributed by atoms with Crippen LogP contribution in [0.5, 0.6) is 0 Å². The van der Waals surface area contributed by atoms with Crippen LogP contribution in [0.1, 0.15) is 13.8 Å². The Labute approximate surface area is 128 Å². The maximum Gasteiger partial charge on any atom is 0.139 e. The molecule has 0 bridgehead atoms. The monoisotopic (exact) mass is 370 g/mol. The van der Waals surface area contributed by atoms with Gasteiger partial charge in [0.05, 0.1) is 6.61 Å². The molecule has 0 aliphatic rings. The number of benzene rings is 1. The van der Waals surface area contributed by atoms with Crippen LogP contribution in [-0.2, 0) is 11.3 Å². The fourth-order valence-electron chi connectivity index (χ4n) is 1.83. The van der Waals surface area contributed by atoms with Gasteiger partial charge in [-0.05, 0) is 40.6 Å². The molecule has 0 aliphatic carbocycles. The maximum atomic E-state index is 5.63. The van der Waals surface area contributed by atoms with E-state index in [-0.39, 0.29) is 0 Å². The predicted molar refractivity (Wildman–Crippen MR) is 86.0 cm³/mol. The zero-order chi connectivity index (χ0) is 13.7. The lowest BCUT2D eigenvalue weighted by molar-refractivity contribution is 0.103. The first kappa shape index (κ1) is 14.5. The van der Waals surface area contributed by atoms with Crippen molar-refractivity contribution in [1.82, 2.24) is 9.55 Å². The lowest BCUT2D eigenvalue weighted by Crippen LogP contribution is -2.09. The fraction of sp³-hybridized carbons (Fsp3) is 0.400. The quantitative estimate of drug-likeness (QED) is 0.571. The van der Waals surface area contributed by atoms with Crippen molar-refractivity contribution >= 4 is 22.6 Å². The van der Waals surface area contributed by atoms with Crippen molar-refractivity contribution in [3.63, 3.8) is 0 Å². The van der Waals surface area contributed by atoms with Gasteiger partial charge in [-0.1, -0.05) is 26.0 Å². The van der Waals surface area contributed by atoms with Gasteiger partial charge in [-0.2, -0.15) is 0 Å². The predicted octanol–water partition coefficient (Wildman–Crippen LogP) is 3.83. The summed E-state index contributed by atoms with van der Waals surface area (Å²) in [5.74, 6) is 1.59. The van der Waals surface area contributed by atoms with Crippen LogP contribution in [0.15, 0.2) is 36.7 Å². The summed E-state index contributed by atoms with van der Waals surface area (Å²) in [7, 11) is 0. The molecule has 0 spiro atoms. The van der Waals surface area contributed by atoms with E-state index in [4.69, 9.17) is 4.74 Å². The summed E-state index contributed by atoms with van der Waals surface area (Å²) in [4.78, 5) is 4.43. The molecule has 102 valence electrons. The average Bonchev–Trinajstić information content (AvgIpc) is 2.84. The van der Waals surface area contributed by atoms with Crippen molar-refractivity contribution in [3.05, 3.63) is 40.2 Å². The van der Waals surface area contributed by atoms with Crippen molar-refractivity contribution in [2.45, 2.75) is 20.4 Å². The van der Waals surface area contributed by atoms with Crippen LogP contribution >= 0.6 is 22.6 Å².